The second kappa shape index (κ2) is 9.05. The molecule has 0 aromatic heterocycles. The molecule has 144 valence electrons. The fourth-order valence-corrected chi connectivity index (χ4v) is 2.86. The van der Waals surface area contributed by atoms with Crippen molar-refractivity contribution >= 4 is 23.2 Å². The van der Waals surface area contributed by atoms with Crippen LogP contribution in [-0.4, -0.2) is 24.4 Å². The number of allylic oxidation sites excluding steroid dienone is 2. The minimum Gasteiger partial charge on any atom is -0.473 e. The quantitative estimate of drug-likeness (QED) is 0.154. The lowest BCUT2D eigenvalue weighted by Crippen LogP contribution is -2.29. The van der Waals surface area contributed by atoms with Gasteiger partial charge in [-0.25, -0.2) is 5.43 Å². The van der Waals surface area contributed by atoms with Gasteiger partial charge in [-0.05, 0) is 31.1 Å². The fourth-order valence-electron chi connectivity index (χ4n) is 2.69. The Morgan fingerprint density at radius 1 is 1.44 bits per heavy atom. The second-order valence-electron chi connectivity index (χ2n) is 6.33. The Morgan fingerprint density at radius 3 is 3.00 bits per heavy atom. The molecule has 1 saturated heterocycles. The van der Waals surface area contributed by atoms with E-state index in [-0.39, 0.29) is 31.0 Å². The number of ether oxygens (including phenoxy) is 2. The van der Waals surface area contributed by atoms with E-state index in [2.05, 4.69) is 16.1 Å². The molecule has 0 bridgehead atoms. The van der Waals surface area contributed by atoms with Crippen LogP contribution in [0.15, 0.2) is 53.7 Å². The first kappa shape index (κ1) is 19.4. The van der Waals surface area contributed by atoms with Gasteiger partial charge in [0.2, 0.25) is 5.90 Å². The number of hydrazine groups is 1. The summed E-state index contributed by atoms with van der Waals surface area (Å²) in [6.45, 7) is 2.29. The summed E-state index contributed by atoms with van der Waals surface area (Å²) in [7, 11) is 0. The minimum atomic E-state index is -0.190. The van der Waals surface area contributed by atoms with Gasteiger partial charge in [0.05, 0.1) is 0 Å². The summed E-state index contributed by atoms with van der Waals surface area (Å²) in [5.41, 5.74) is 5.52. The molecule has 1 aromatic rings. The van der Waals surface area contributed by atoms with E-state index in [1.807, 2.05) is 43.4 Å². The zero-order valence-corrected chi connectivity index (χ0v) is 15.8. The summed E-state index contributed by atoms with van der Waals surface area (Å²) in [6, 6.07) is 6.09. The van der Waals surface area contributed by atoms with Crippen LogP contribution in [-0.2, 0) is 16.1 Å². The molecule has 27 heavy (non-hydrogen) atoms. The summed E-state index contributed by atoms with van der Waals surface area (Å²) in [5, 5.41) is 15.2. The summed E-state index contributed by atoms with van der Waals surface area (Å²) in [6.07, 6.45) is 9.58. The summed E-state index contributed by atoms with van der Waals surface area (Å²) in [4.78, 5) is 0. The molecule has 8 heteroatoms. The lowest BCUT2D eigenvalue weighted by Gasteiger charge is -2.15. The molecule has 3 rings (SSSR count). The highest BCUT2D eigenvalue weighted by molar-refractivity contribution is 6.31. The molecule has 2 aliphatic rings. The molecule has 1 aromatic carbocycles. The molecule has 6 N–H and O–H groups in total. The number of epoxide rings is 1. The Bertz CT molecular complexity index is 777. The summed E-state index contributed by atoms with van der Waals surface area (Å²) >= 11 is 5.89. The number of benzene rings is 1. The predicted molar refractivity (Wildman–Crippen MR) is 107 cm³/mol. The first-order valence-electron chi connectivity index (χ1n) is 8.71. The van der Waals surface area contributed by atoms with Gasteiger partial charge in [-0.1, -0.05) is 35.9 Å². The maximum atomic E-state index is 7.97. The van der Waals surface area contributed by atoms with Crippen LogP contribution in [0.2, 0.25) is 0 Å². The van der Waals surface area contributed by atoms with Gasteiger partial charge in [0, 0.05) is 34.6 Å². The van der Waals surface area contributed by atoms with Crippen LogP contribution in [0.3, 0.4) is 0 Å². The SMILES string of the molecule is Cc1cccc(NC2OC2NN)c1COC(=N)/C=C\NC1C=CC(Cl)=CC1. The number of nitrogens with two attached hydrogens (primary N) is 1. The van der Waals surface area contributed by atoms with Crippen molar-refractivity contribution in [2.24, 2.45) is 5.84 Å². The molecule has 3 unspecified atom stereocenters. The Morgan fingerprint density at radius 2 is 2.30 bits per heavy atom. The third-order valence-corrected chi connectivity index (χ3v) is 4.62. The number of aryl methyl sites for hydroxylation is 1. The first-order chi connectivity index (χ1) is 13.1. The third kappa shape index (κ3) is 5.58. The molecule has 1 fully saturated rings. The summed E-state index contributed by atoms with van der Waals surface area (Å²) in [5.74, 6) is 5.43. The van der Waals surface area contributed by atoms with Gasteiger partial charge in [-0.15, -0.1) is 0 Å². The lowest BCUT2D eigenvalue weighted by atomic mass is 10.1. The minimum absolute atomic E-state index is 0.0780. The van der Waals surface area contributed by atoms with Gasteiger partial charge >= 0.3 is 0 Å². The van der Waals surface area contributed by atoms with Crippen molar-refractivity contribution in [3.63, 3.8) is 0 Å². The van der Waals surface area contributed by atoms with E-state index in [9.17, 15) is 0 Å². The van der Waals surface area contributed by atoms with Gasteiger partial charge in [-0.2, -0.15) is 0 Å². The normalized spacial score (nSPS) is 23.8. The fraction of sp³-hybridized carbons (Fsp3) is 0.316. The van der Waals surface area contributed by atoms with Crippen LogP contribution in [0.5, 0.6) is 0 Å². The van der Waals surface area contributed by atoms with E-state index >= 15 is 0 Å². The molecule has 3 atom stereocenters. The van der Waals surface area contributed by atoms with Gasteiger partial charge in [0.15, 0.2) is 12.5 Å². The van der Waals surface area contributed by atoms with E-state index in [1.165, 1.54) is 0 Å². The van der Waals surface area contributed by atoms with Crippen molar-refractivity contribution in [1.29, 1.82) is 5.41 Å². The number of nitrogens with one attached hydrogen (secondary N) is 4. The van der Waals surface area contributed by atoms with Crippen molar-refractivity contribution in [1.82, 2.24) is 10.7 Å². The molecule has 0 amide bonds. The monoisotopic (exact) mass is 389 g/mol. The van der Waals surface area contributed by atoms with Gasteiger partial charge in [0.25, 0.3) is 0 Å². The van der Waals surface area contributed by atoms with Crippen molar-refractivity contribution in [3.05, 3.63) is 64.9 Å². The van der Waals surface area contributed by atoms with Crippen LogP contribution in [0.4, 0.5) is 5.69 Å². The van der Waals surface area contributed by atoms with E-state index in [1.54, 1.807) is 12.3 Å². The van der Waals surface area contributed by atoms with Crippen molar-refractivity contribution < 1.29 is 9.47 Å². The van der Waals surface area contributed by atoms with Crippen LogP contribution >= 0.6 is 11.6 Å². The Hall–Kier alpha value is -2.32. The highest BCUT2D eigenvalue weighted by Crippen LogP contribution is 2.26. The molecule has 1 aliphatic carbocycles. The maximum absolute atomic E-state index is 7.97. The number of hydrogen-bond donors (Lipinski definition) is 5. The van der Waals surface area contributed by atoms with Crippen LogP contribution in [0.1, 0.15) is 17.5 Å². The Labute approximate surface area is 163 Å². The number of rotatable bonds is 8. The largest absolute Gasteiger partial charge is 0.473 e. The number of anilines is 1. The smallest absolute Gasteiger partial charge is 0.207 e. The molecule has 0 spiro atoms. The van der Waals surface area contributed by atoms with E-state index < -0.39 is 0 Å². The Balaban J connectivity index is 1.50. The molecule has 7 nitrogen and oxygen atoms in total. The molecule has 0 saturated carbocycles. The van der Waals surface area contributed by atoms with Crippen molar-refractivity contribution in [3.8, 4) is 0 Å². The van der Waals surface area contributed by atoms with E-state index in [4.69, 9.17) is 32.3 Å². The molecule has 1 aliphatic heterocycles. The third-order valence-electron chi connectivity index (χ3n) is 4.34. The Kier molecular flexibility index (Phi) is 6.52. The topological polar surface area (TPSA) is 108 Å². The average Bonchev–Trinajstić information content (AvgIpc) is 3.41. The van der Waals surface area contributed by atoms with E-state index in [0.29, 0.717) is 0 Å². The highest BCUT2D eigenvalue weighted by Gasteiger charge is 2.38. The summed E-state index contributed by atoms with van der Waals surface area (Å²) < 4.78 is 10.9. The van der Waals surface area contributed by atoms with Crippen LogP contribution < -0.4 is 21.9 Å². The lowest BCUT2D eigenvalue weighted by molar-refractivity contribution is 0.292. The number of halogens is 1. The zero-order valence-electron chi connectivity index (χ0n) is 15.0. The van der Waals surface area contributed by atoms with Gasteiger partial charge in [0.1, 0.15) is 6.61 Å². The maximum Gasteiger partial charge on any atom is 0.207 e. The van der Waals surface area contributed by atoms with Crippen molar-refractivity contribution in [2.75, 3.05) is 5.32 Å². The zero-order chi connectivity index (χ0) is 19.2. The average molecular weight is 390 g/mol. The van der Waals surface area contributed by atoms with Crippen LogP contribution in [0, 0.1) is 12.3 Å². The standard InChI is InChI=1S/C19H24ClN5O2/c1-12-3-2-4-16(24-18-19(25-22)27-18)15(12)11-26-17(21)9-10-23-14-7-5-13(20)6-8-14/h2-7,9-10,14,18-19,21,23-25H,8,11,22H2,1H3/b10-9-,21-17?. The van der Waals surface area contributed by atoms with Gasteiger partial charge < -0.3 is 20.1 Å². The molecule has 1 heterocycles. The number of hydrogen-bond acceptors (Lipinski definition) is 7. The van der Waals surface area contributed by atoms with Gasteiger partial charge in [-0.3, -0.25) is 11.3 Å². The molecular formula is C19H24ClN5O2. The van der Waals surface area contributed by atoms with Crippen LogP contribution in [0.25, 0.3) is 0 Å². The second-order valence-corrected chi connectivity index (χ2v) is 6.77. The first-order valence-corrected chi connectivity index (χ1v) is 9.09. The van der Waals surface area contributed by atoms with Crippen molar-refractivity contribution in [2.45, 2.75) is 38.4 Å². The molecular weight excluding hydrogens is 366 g/mol. The predicted octanol–water partition coefficient (Wildman–Crippen LogP) is 2.60. The van der Waals surface area contributed by atoms with E-state index in [0.717, 1.165) is 28.3 Å². The highest BCUT2D eigenvalue weighted by atomic mass is 35.5. The molecule has 0 radical (unpaired) electrons.